The lowest BCUT2D eigenvalue weighted by atomic mass is 9.97. The molecule has 1 saturated carbocycles. The first-order valence-electron chi connectivity index (χ1n) is 8.24. The smallest absolute Gasteiger partial charge is 0.0476 e. The molecule has 2 N–H and O–H groups in total. The Morgan fingerprint density at radius 3 is 2.48 bits per heavy atom. The Balaban J connectivity index is 2.29. The van der Waals surface area contributed by atoms with Gasteiger partial charge in [-0.05, 0) is 48.9 Å². The fraction of sp³-hybridized carbons (Fsp3) is 0.667. The Hall–Kier alpha value is -0.570. The summed E-state index contributed by atoms with van der Waals surface area (Å²) in [7, 11) is 0. The molecule has 0 amide bonds. The van der Waals surface area contributed by atoms with Crippen molar-refractivity contribution < 1.29 is 0 Å². The minimum Gasteiger partial charge on any atom is -0.329 e. The number of benzene rings is 1. The quantitative estimate of drug-likeness (QED) is 0.835. The Labute approximate surface area is 134 Å². The molecule has 1 aromatic carbocycles. The molecule has 1 aromatic rings. The predicted molar refractivity (Wildman–Crippen MR) is 91.8 cm³/mol. The van der Waals surface area contributed by atoms with Gasteiger partial charge >= 0.3 is 0 Å². The Morgan fingerprint density at radius 1 is 1.29 bits per heavy atom. The molecule has 0 bridgehead atoms. The number of hydrogen-bond donors (Lipinski definition) is 1. The molecule has 1 aliphatic carbocycles. The van der Waals surface area contributed by atoms with Crippen molar-refractivity contribution in [2.45, 2.75) is 58.5 Å². The van der Waals surface area contributed by atoms with Gasteiger partial charge in [0.05, 0.1) is 0 Å². The first-order valence-corrected chi connectivity index (χ1v) is 8.62. The SMILES string of the molecule is Cc1cc(Cl)ccc1C(CN)N(CC(C)C)C1CCCC1. The van der Waals surface area contributed by atoms with Crippen molar-refractivity contribution in [2.75, 3.05) is 13.1 Å². The molecule has 1 unspecified atom stereocenters. The van der Waals surface area contributed by atoms with Crippen LogP contribution >= 0.6 is 11.6 Å². The van der Waals surface area contributed by atoms with Gasteiger partial charge < -0.3 is 5.73 Å². The molecule has 2 nitrogen and oxygen atoms in total. The Kier molecular flexibility index (Phi) is 6.09. The van der Waals surface area contributed by atoms with Crippen LogP contribution in [0, 0.1) is 12.8 Å². The van der Waals surface area contributed by atoms with Gasteiger partial charge in [-0.3, -0.25) is 4.90 Å². The van der Waals surface area contributed by atoms with Crippen molar-refractivity contribution in [1.82, 2.24) is 4.90 Å². The van der Waals surface area contributed by atoms with Crippen molar-refractivity contribution in [1.29, 1.82) is 0 Å². The molecule has 1 fully saturated rings. The van der Waals surface area contributed by atoms with Gasteiger partial charge in [-0.25, -0.2) is 0 Å². The van der Waals surface area contributed by atoms with Gasteiger partial charge in [0, 0.05) is 30.2 Å². The van der Waals surface area contributed by atoms with Crippen molar-refractivity contribution >= 4 is 11.6 Å². The molecule has 0 aliphatic heterocycles. The standard InChI is InChI=1S/C18H29ClN2/c1-13(2)12-21(16-6-4-5-7-16)18(11-20)17-9-8-15(19)10-14(17)3/h8-10,13,16,18H,4-7,11-12,20H2,1-3H3. The summed E-state index contributed by atoms with van der Waals surface area (Å²) in [6.45, 7) is 8.53. The maximum Gasteiger partial charge on any atom is 0.0476 e. The van der Waals surface area contributed by atoms with E-state index in [2.05, 4.69) is 37.8 Å². The zero-order chi connectivity index (χ0) is 15.4. The lowest BCUT2D eigenvalue weighted by Crippen LogP contribution is -2.42. The highest BCUT2D eigenvalue weighted by Gasteiger charge is 2.30. The summed E-state index contributed by atoms with van der Waals surface area (Å²) in [4.78, 5) is 2.66. The molecule has 0 spiro atoms. The minimum absolute atomic E-state index is 0.313. The molecule has 0 saturated heterocycles. The minimum atomic E-state index is 0.313. The van der Waals surface area contributed by atoms with Crippen LogP contribution in [-0.2, 0) is 0 Å². The monoisotopic (exact) mass is 308 g/mol. The maximum atomic E-state index is 6.18. The second-order valence-electron chi connectivity index (χ2n) is 6.78. The predicted octanol–water partition coefficient (Wildman–Crippen LogP) is 4.55. The molecule has 0 aromatic heterocycles. The van der Waals surface area contributed by atoms with E-state index in [4.69, 9.17) is 17.3 Å². The first-order chi connectivity index (χ1) is 10.0. The largest absolute Gasteiger partial charge is 0.329 e. The van der Waals surface area contributed by atoms with E-state index in [0.717, 1.165) is 11.6 Å². The zero-order valence-electron chi connectivity index (χ0n) is 13.6. The van der Waals surface area contributed by atoms with E-state index in [1.165, 1.54) is 36.8 Å². The summed E-state index contributed by atoms with van der Waals surface area (Å²) in [6.07, 6.45) is 5.35. The number of halogens is 1. The van der Waals surface area contributed by atoms with Gasteiger partial charge in [0.2, 0.25) is 0 Å². The van der Waals surface area contributed by atoms with Gasteiger partial charge in [0.25, 0.3) is 0 Å². The number of nitrogens with zero attached hydrogens (tertiary/aromatic N) is 1. The van der Waals surface area contributed by atoms with E-state index in [-0.39, 0.29) is 0 Å². The fourth-order valence-electron chi connectivity index (χ4n) is 3.64. The summed E-state index contributed by atoms with van der Waals surface area (Å²) in [5, 5.41) is 0.809. The number of rotatable bonds is 6. The molecule has 118 valence electrons. The van der Waals surface area contributed by atoms with E-state index in [9.17, 15) is 0 Å². The molecule has 0 heterocycles. The molecule has 1 aliphatic rings. The Morgan fingerprint density at radius 2 is 1.95 bits per heavy atom. The van der Waals surface area contributed by atoms with Crippen LogP contribution in [0.4, 0.5) is 0 Å². The summed E-state index contributed by atoms with van der Waals surface area (Å²) in [6, 6.07) is 7.22. The average Bonchev–Trinajstić information content (AvgIpc) is 2.94. The van der Waals surface area contributed by atoms with E-state index >= 15 is 0 Å². The van der Waals surface area contributed by atoms with Crippen LogP contribution in [0.2, 0.25) is 5.02 Å². The highest BCUT2D eigenvalue weighted by Crippen LogP contribution is 2.33. The van der Waals surface area contributed by atoms with Gasteiger partial charge in [0.15, 0.2) is 0 Å². The van der Waals surface area contributed by atoms with Gasteiger partial charge in [-0.2, -0.15) is 0 Å². The van der Waals surface area contributed by atoms with E-state index in [1.807, 2.05) is 6.07 Å². The van der Waals surface area contributed by atoms with E-state index in [0.29, 0.717) is 24.5 Å². The van der Waals surface area contributed by atoms with Crippen LogP contribution in [0.15, 0.2) is 18.2 Å². The number of aryl methyl sites for hydroxylation is 1. The van der Waals surface area contributed by atoms with Crippen LogP contribution in [-0.4, -0.2) is 24.0 Å². The molecule has 21 heavy (non-hydrogen) atoms. The molecular formula is C18H29ClN2. The second-order valence-corrected chi connectivity index (χ2v) is 7.22. The molecular weight excluding hydrogens is 280 g/mol. The van der Waals surface area contributed by atoms with Gasteiger partial charge in [-0.15, -0.1) is 0 Å². The third kappa shape index (κ3) is 4.21. The average molecular weight is 309 g/mol. The fourth-order valence-corrected chi connectivity index (χ4v) is 3.87. The normalized spacial score (nSPS) is 17.9. The lowest BCUT2D eigenvalue weighted by molar-refractivity contribution is 0.121. The summed E-state index contributed by atoms with van der Waals surface area (Å²) in [5.41, 5.74) is 8.78. The molecule has 0 radical (unpaired) electrons. The molecule has 1 atom stereocenters. The third-order valence-electron chi connectivity index (χ3n) is 4.58. The van der Waals surface area contributed by atoms with Crippen LogP contribution in [0.1, 0.15) is 56.7 Å². The van der Waals surface area contributed by atoms with E-state index < -0.39 is 0 Å². The summed E-state index contributed by atoms with van der Waals surface area (Å²) >= 11 is 6.11. The zero-order valence-corrected chi connectivity index (χ0v) is 14.4. The summed E-state index contributed by atoms with van der Waals surface area (Å²) < 4.78 is 0. The van der Waals surface area contributed by atoms with Crippen molar-refractivity contribution in [3.05, 3.63) is 34.3 Å². The maximum absolute atomic E-state index is 6.18. The van der Waals surface area contributed by atoms with Crippen LogP contribution < -0.4 is 5.73 Å². The lowest BCUT2D eigenvalue weighted by Gasteiger charge is -2.38. The van der Waals surface area contributed by atoms with Gasteiger partial charge in [-0.1, -0.05) is 44.4 Å². The van der Waals surface area contributed by atoms with Crippen molar-refractivity contribution in [3.63, 3.8) is 0 Å². The topological polar surface area (TPSA) is 29.3 Å². The highest BCUT2D eigenvalue weighted by molar-refractivity contribution is 6.30. The first kappa shape index (κ1) is 16.8. The Bertz CT molecular complexity index is 453. The summed E-state index contributed by atoms with van der Waals surface area (Å²) in [5.74, 6) is 0.659. The van der Waals surface area contributed by atoms with Crippen LogP contribution in [0.3, 0.4) is 0 Å². The van der Waals surface area contributed by atoms with Crippen LogP contribution in [0.5, 0.6) is 0 Å². The van der Waals surface area contributed by atoms with Crippen molar-refractivity contribution in [3.8, 4) is 0 Å². The second kappa shape index (κ2) is 7.62. The number of nitrogens with two attached hydrogens (primary N) is 1. The third-order valence-corrected chi connectivity index (χ3v) is 4.82. The van der Waals surface area contributed by atoms with Crippen LogP contribution in [0.25, 0.3) is 0 Å². The van der Waals surface area contributed by atoms with Gasteiger partial charge in [0.1, 0.15) is 0 Å². The molecule has 3 heteroatoms. The van der Waals surface area contributed by atoms with E-state index in [1.54, 1.807) is 0 Å². The molecule has 2 rings (SSSR count). The highest BCUT2D eigenvalue weighted by atomic mass is 35.5. The van der Waals surface area contributed by atoms with Crippen molar-refractivity contribution in [2.24, 2.45) is 11.7 Å². The number of hydrogen-bond acceptors (Lipinski definition) is 2.